The van der Waals surface area contributed by atoms with Crippen LogP contribution in [-0.2, 0) is 9.59 Å². The van der Waals surface area contributed by atoms with Crippen LogP contribution in [0.5, 0.6) is 0 Å². The number of hydrogen-bond donors (Lipinski definition) is 3. The summed E-state index contributed by atoms with van der Waals surface area (Å²) in [5, 5.41) is 22.1. The molecular formula is C11H18N2O4. The number of aliphatic hydroxyl groups excluding tert-OH is 1. The predicted octanol–water partition coefficient (Wildman–Crippen LogP) is -1.19. The molecular weight excluding hydrogens is 224 g/mol. The van der Waals surface area contributed by atoms with Gasteiger partial charge in [0.25, 0.3) is 5.91 Å². The smallest absolute Gasteiger partial charge is 0.274 e. The fourth-order valence-corrected chi connectivity index (χ4v) is 2.51. The first-order chi connectivity index (χ1) is 7.84. The number of fused-ring (bicyclic) bond motifs is 1. The Morgan fingerprint density at radius 3 is 2.76 bits per heavy atom. The fraction of sp³-hybridized carbons (Fsp3) is 0.818. The molecule has 0 aromatic heterocycles. The summed E-state index contributed by atoms with van der Waals surface area (Å²) in [4.78, 5) is 25.0. The second kappa shape index (κ2) is 3.96. The number of rotatable bonds is 2. The predicted molar refractivity (Wildman–Crippen MR) is 58.7 cm³/mol. The highest BCUT2D eigenvalue weighted by atomic mass is 16.3. The van der Waals surface area contributed by atoms with Crippen LogP contribution in [0.15, 0.2) is 0 Å². The average molecular weight is 242 g/mol. The first kappa shape index (κ1) is 12.3. The number of hydrogen-bond acceptors (Lipinski definition) is 4. The minimum absolute atomic E-state index is 0.0251. The summed E-state index contributed by atoms with van der Waals surface area (Å²) < 4.78 is 0. The Morgan fingerprint density at radius 1 is 1.53 bits per heavy atom. The molecule has 6 heteroatoms. The van der Waals surface area contributed by atoms with Crippen molar-refractivity contribution in [1.82, 2.24) is 10.2 Å². The molecule has 0 unspecified atom stereocenters. The third-order valence-corrected chi connectivity index (χ3v) is 3.30. The van der Waals surface area contributed by atoms with E-state index in [2.05, 4.69) is 5.32 Å². The summed E-state index contributed by atoms with van der Waals surface area (Å²) in [6, 6.07) is -0.590. The standard InChI is InChI=1S/C11H18N2O4/c1-6(2)3-8-9(15)13-5-7(14)4-11(13,17)10(16)12-8/h6-8,14,17H,3-5H2,1-2H3,(H,12,16)/t7-,8+,11-/m1/s1. The molecule has 0 aliphatic carbocycles. The van der Waals surface area contributed by atoms with E-state index < -0.39 is 23.8 Å². The van der Waals surface area contributed by atoms with Gasteiger partial charge in [0.05, 0.1) is 12.6 Å². The zero-order chi connectivity index (χ0) is 12.8. The molecule has 2 fully saturated rings. The largest absolute Gasteiger partial charge is 0.391 e. The fourth-order valence-electron chi connectivity index (χ4n) is 2.51. The maximum absolute atomic E-state index is 12.1. The molecule has 2 rings (SSSR count). The maximum Gasteiger partial charge on any atom is 0.274 e. The third-order valence-electron chi connectivity index (χ3n) is 3.30. The van der Waals surface area contributed by atoms with Crippen LogP contribution in [0.3, 0.4) is 0 Å². The van der Waals surface area contributed by atoms with Gasteiger partial charge in [-0.3, -0.25) is 9.59 Å². The molecule has 0 radical (unpaired) electrons. The average Bonchev–Trinajstić information content (AvgIpc) is 2.51. The van der Waals surface area contributed by atoms with Crippen molar-refractivity contribution in [3.8, 4) is 0 Å². The van der Waals surface area contributed by atoms with Gasteiger partial charge in [0, 0.05) is 6.42 Å². The lowest BCUT2D eigenvalue weighted by Crippen LogP contribution is -2.68. The van der Waals surface area contributed by atoms with Gasteiger partial charge in [-0.2, -0.15) is 0 Å². The van der Waals surface area contributed by atoms with Gasteiger partial charge in [-0.1, -0.05) is 13.8 Å². The molecule has 2 heterocycles. The summed E-state index contributed by atoms with van der Waals surface area (Å²) in [5.41, 5.74) is -1.86. The first-order valence-electron chi connectivity index (χ1n) is 5.87. The second-order valence-corrected chi connectivity index (χ2v) is 5.28. The maximum atomic E-state index is 12.1. The van der Waals surface area contributed by atoms with E-state index in [9.17, 15) is 19.8 Å². The summed E-state index contributed by atoms with van der Waals surface area (Å²) in [6.45, 7) is 3.94. The summed E-state index contributed by atoms with van der Waals surface area (Å²) in [5.74, 6) is -0.625. The van der Waals surface area contributed by atoms with Gasteiger partial charge in [0.1, 0.15) is 6.04 Å². The van der Waals surface area contributed by atoms with Crippen molar-refractivity contribution in [2.45, 2.75) is 44.6 Å². The second-order valence-electron chi connectivity index (χ2n) is 5.28. The number of amides is 2. The monoisotopic (exact) mass is 242 g/mol. The topological polar surface area (TPSA) is 89.9 Å². The van der Waals surface area contributed by atoms with E-state index in [-0.39, 0.29) is 24.8 Å². The molecule has 17 heavy (non-hydrogen) atoms. The Kier molecular flexibility index (Phi) is 2.87. The van der Waals surface area contributed by atoms with Crippen molar-refractivity contribution >= 4 is 11.8 Å². The van der Waals surface area contributed by atoms with Crippen molar-refractivity contribution in [3.63, 3.8) is 0 Å². The number of carbonyl (C=O) groups is 2. The molecule has 6 nitrogen and oxygen atoms in total. The molecule has 2 saturated heterocycles. The minimum Gasteiger partial charge on any atom is -0.391 e. The lowest BCUT2D eigenvalue weighted by molar-refractivity contribution is -0.178. The van der Waals surface area contributed by atoms with Gasteiger partial charge >= 0.3 is 0 Å². The van der Waals surface area contributed by atoms with Crippen LogP contribution in [0.4, 0.5) is 0 Å². The molecule has 0 aromatic rings. The Hall–Kier alpha value is -1.14. The van der Waals surface area contributed by atoms with E-state index >= 15 is 0 Å². The van der Waals surface area contributed by atoms with E-state index in [0.29, 0.717) is 6.42 Å². The van der Waals surface area contributed by atoms with Crippen LogP contribution < -0.4 is 5.32 Å². The van der Waals surface area contributed by atoms with Gasteiger partial charge in [-0.05, 0) is 12.3 Å². The zero-order valence-electron chi connectivity index (χ0n) is 10.0. The van der Waals surface area contributed by atoms with Crippen LogP contribution in [0.2, 0.25) is 0 Å². The Labute approximate surface area is 99.6 Å². The zero-order valence-corrected chi connectivity index (χ0v) is 10.0. The van der Waals surface area contributed by atoms with Crippen molar-refractivity contribution < 1.29 is 19.8 Å². The molecule has 3 atom stereocenters. The Bertz CT molecular complexity index is 357. The molecule has 2 aliphatic heterocycles. The number of piperazine rings is 1. The van der Waals surface area contributed by atoms with E-state index in [1.54, 1.807) is 0 Å². The highest BCUT2D eigenvalue weighted by Crippen LogP contribution is 2.31. The highest BCUT2D eigenvalue weighted by molar-refractivity contribution is 5.99. The number of nitrogens with one attached hydrogen (secondary N) is 1. The van der Waals surface area contributed by atoms with Gasteiger partial charge in [0.15, 0.2) is 0 Å². The number of carbonyl (C=O) groups excluding carboxylic acids is 2. The van der Waals surface area contributed by atoms with E-state index in [4.69, 9.17) is 0 Å². The van der Waals surface area contributed by atoms with Gasteiger partial charge in [0.2, 0.25) is 11.6 Å². The molecule has 2 aliphatic rings. The van der Waals surface area contributed by atoms with Gasteiger partial charge < -0.3 is 20.4 Å². The molecule has 0 saturated carbocycles. The SMILES string of the molecule is CC(C)C[C@@H]1NC(=O)[C@]2(O)C[C@@H](O)CN2C1=O. The van der Waals surface area contributed by atoms with Crippen LogP contribution in [0, 0.1) is 5.92 Å². The minimum atomic E-state index is -1.86. The van der Waals surface area contributed by atoms with Gasteiger partial charge in [-0.15, -0.1) is 0 Å². The third kappa shape index (κ3) is 1.91. The summed E-state index contributed by atoms with van der Waals surface area (Å²) in [6.07, 6.45) is -0.417. The van der Waals surface area contributed by atoms with E-state index in [1.165, 1.54) is 0 Å². The lowest BCUT2D eigenvalue weighted by atomic mass is 9.97. The van der Waals surface area contributed by atoms with Crippen LogP contribution in [0.1, 0.15) is 26.7 Å². The molecule has 0 bridgehead atoms. The Morgan fingerprint density at radius 2 is 2.18 bits per heavy atom. The van der Waals surface area contributed by atoms with Crippen molar-refractivity contribution in [2.24, 2.45) is 5.92 Å². The first-order valence-corrected chi connectivity index (χ1v) is 5.87. The summed E-state index contributed by atoms with van der Waals surface area (Å²) in [7, 11) is 0. The van der Waals surface area contributed by atoms with Crippen LogP contribution in [0.25, 0.3) is 0 Å². The number of aliphatic hydroxyl groups is 2. The van der Waals surface area contributed by atoms with E-state index in [0.717, 1.165) is 4.90 Å². The molecule has 0 aromatic carbocycles. The quantitative estimate of drug-likeness (QED) is 0.568. The Balaban J connectivity index is 2.22. The molecule has 0 spiro atoms. The van der Waals surface area contributed by atoms with E-state index in [1.807, 2.05) is 13.8 Å². The van der Waals surface area contributed by atoms with Crippen molar-refractivity contribution in [1.29, 1.82) is 0 Å². The normalized spacial score (nSPS) is 37.4. The molecule has 96 valence electrons. The lowest BCUT2D eigenvalue weighted by Gasteiger charge is -2.40. The van der Waals surface area contributed by atoms with Crippen LogP contribution in [-0.4, -0.2) is 51.3 Å². The van der Waals surface area contributed by atoms with Gasteiger partial charge in [-0.25, -0.2) is 0 Å². The molecule has 3 N–H and O–H groups in total. The van der Waals surface area contributed by atoms with Crippen molar-refractivity contribution in [3.05, 3.63) is 0 Å². The van der Waals surface area contributed by atoms with Crippen LogP contribution >= 0.6 is 0 Å². The molecule has 2 amide bonds. The summed E-state index contributed by atoms with van der Waals surface area (Å²) >= 11 is 0. The number of nitrogens with zero attached hydrogens (tertiary/aromatic N) is 1. The highest BCUT2D eigenvalue weighted by Gasteiger charge is 2.56. The van der Waals surface area contributed by atoms with Crippen molar-refractivity contribution in [2.75, 3.05) is 6.54 Å².